The molecule has 1 aromatic heterocycles. The number of nitrogens with one attached hydrogen (secondary N) is 2. The van der Waals surface area contributed by atoms with Crippen molar-refractivity contribution in [3.63, 3.8) is 0 Å². The Morgan fingerprint density at radius 1 is 1.38 bits per heavy atom. The van der Waals surface area contributed by atoms with Gasteiger partial charge in [0.2, 0.25) is 0 Å². The SMILES string of the molecule is C=CCNc1nc(C(=O)OCC(=O)NC(C)c2ccccc2)cs1. The number of esters is 1. The fraction of sp³-hybridized carbons (Fsp3) is 0.235. The van der Waals surface area contributed by atoms with Crippen LogP contribution in [-0.2, 0) is 9.53 Å². The first-order valence-corrected chi connectivity index (χ1v) is 8.30. The molecule has 2 N–H and O–H groups in total. The van der Waals surface area contributed by atoms with Gasteiger partial charge in [0.15, 0.2) is 17.4 Å². The van der Waals surface area contributed by atoms with Gasteiger partial charge in [0.05, 0.1) is 6.04 Å². The van der Waals surface area contributed by atoms with Gasteiger partial charge >= 0.3 is 5.97 Å². The molecule has 0 aliphatic heterocycles. The number of rotatable bonds is 8. The summed E-state index contributed by atoms with van der Waals surface area (Å²) in [5.41, 5.74) is 1.16. The maximum Gasteiger partial charge on any atom is 0.358 e. The summed E-state index contributed by atoms with van der Waals surface area (Å²) in [5, 5.41) is 7.94. The maximum atomic E-state index is 11.9. The molecule has 0 fully saturated rings. The van der Waals surface area contributed by atoms with Crippen molar-refractivity contribution in [1.29, 1.82) is 0 Å². The first kappa shape index (κ1) is 17.7. The van der Waals surface area contributed by atoms with Crippen LogP contribution in [0.2, 0.25) is 0 Å². The van der Waals surface area contributed by atoms with E-state index >= 15 is 0 Å². The van der Waals surface area contributed by atoms with Crippen molar-refractivity contribution >= 4 is 28.3 Å². The standard InChI is InChI=1S/C17H19N3O3S/c1-3-9-18-17-20-14(11-24-17)16(22)23-10-15(21)19-12(2)13-7-5-4-6-8-13/h3-8,11-12H,1,9-10H2,2H3,(H,18,20)(H,19,21). The Morgan fingerprint density at radius 2 is 2.12 bits per heavy atom. The number of hydrogen-bond donors (Lipinski definition) is 2. The lowest BCUT2D eigenvalue weighted by Gasteiger charge is -2.14. The van der Waals surface area contributed by atoms with E-state index in [2.05, 4.69) is 22.2 Å². The molecule has 0 radical (unpaired) electrons. The van der Waals surface area contributed by atoms with Crippen molar-refractivity contribution in [3.8, 4) is 0 Å². The minimum Gasteiger partial charge on any atom is -0.451 e. The third kappa shape index (κ3) is 5.20. The second-order valence-corrected chi connectivity index (χ2v) is 5.84. The molecular weight excluding hydrogens is 326 g/mol. The van der Waals surface area contributed by atoms with Crippen LogP contribution in [0.4, 0.5) is 5.13 Å². The van der Waals surface area contributed by atoms with Gasteiger partial charge < -0.3 is 15.4 Å². The summed E-state index contributed by atoms with van der Waals surface area (Å²) in [6.07, 6.45) is 1.69. The van der Waals surface area contributed by atoms with Crippen LogP contribution in [-0.4, -0.2) is 30.0 Å². The topological polar surface area (TPSA) is 80.3 Å². The zero-order chi connectivity index (χ0) is 17.4. The van der Waals surface area contributed by atoms with Gasteiger partial charge in [0.1, 0.15) is 0 Å². The average Bonchev–Trinajstić information content (AvgIpc) is 3.07. The van der Waals surface area contributed by atoms with Crippen molar-refractivity contribution in [3.05, 3.63) is 59.6 Å². The van der Waals surface area contributed by atoms with Crippen LogP contribution in [0.15, 0.2) is 48.4 Å². The highest BCUT2D eigenvalue weighted by molar-refractivity contribution is 7.13. The molecule has 7 heteroatoms. The summed E-state index contributed by atoms with van der Waals surface area (Å²) < 4.78 is 4.99. The van der Waals surface area contributed by atoms with Crippen LogP contribution in [0.3, 0.4) is 0 Å². The minimum absolute atomic E-state index is 0.161. The van der Waals surface area contributed by atoms with Crippen molar-refractivity contribution in [2.75, 3.05) is 18.5 Å². The largest absolute Gasteiger partial charge is 0.451 e. The van der Waals surface area contributed by atoms with Crippen molar-refractivity contribution in [1.82, 2.24) is 10.3 Å². The Morgan fingerprint density at radius 3 is 2.83 bits per heavy atom. The van der Waals surface area contributed by atoms with Gasteiger partial charge in [-0.15, -0.1) is 17.9 Å². The van der Waals surface area contributed by atoms with E-state index in [-0.39, 0.29) is 24.2 Å². The number of ether oxygens (including phenoxy) is 1. The normalized spacial score (nSPS) is 11.4. The lowest BCUT2D eigenvalue weighted by molar-refractivity contribution is -0.124. The predicted octanol–water partition coefficient (Wildman–Crippen LogP) is 2.78. The summed E-state index contributed by atoms with van der Waals surface area (Å²) in [5.74, 6) is -0.986. The molecule has 0 saturated carbocycles. The Hall–Kier alpha value is -2.67. The Labute approximate surface area is 144 Å². The van der Waals surface area contributed by atoms with Gasteiger partial charge in [-0.05, 0) is 12.5 Å². The lowest BCUT2D eigenvalue weighted by atomic mass is 10.1. The van der Waals surface area contributed by atoms with E-state index in [4.69, 9.17) is 4.74 Å². The molecule has 0 aliphatic carbocycles. The Bertz CT molecular complexity index is 700. The number of carbonyl (C=O) groups is 2. The first-order valence-electron chi connectivity index (χ1n) is 7.42. The van der Waals surface area contributed by atoms with Crippen molar-refractivity contribution in [2.45, 2.75) is 13.0 Å². The summed E-state index contributed by atoms with van der Waals surface area (Å²) in [7, 11) is 0. The van der Waals surface area contributed by atoms with Gasteiger partial charge in [-0.1, -0.05) is 36.4 Å². The van der Waals surface area contributed by atoms with Gasteiger partial charge in [-0.3, -0.25) is 4.79 Å². The van der Waals surface area contributed by atoms with Gasteiger partial charge in [0, 0.05) is 11.9 Å². The Kier molecular flexibility index (Phi) is 6.51. The Balaban J connectivity index is 1.79. The smallest absolute Gasteiger partial charge is 0.358 e. The summed E-state index contributed by atoms with van der Waals surface area (Å²) in [6.45, 7) is 5.67. The lowest BCUT2D eigenvalue weighted by Crippen LogP contribution is -2.31. The van der Waals surface area contributed by atoms with Crippen LogP contribution in [0.5, 0.6) is 0 Å². The summed E-state index contributed by atoms with van der Waals surface area (Å²) in [6, 6.07) is 9.39. The van der Waals surface area contributed by atoms with E-state index in [0.717, 1.165) is 5.56 Å². The number of anilines is 1. The third-order valence-electron chi connectivity index (χ3n) is 3.12. The van der Waals surface area contributed by atoms with E-state index < -0.39 is 5.97 Å². The summed E-state index contributed by atoms with van der Waals surface area (Å²) >= 11 is 1.29. The number of carbonyl (C=O) groups excluding carboxylic acids is 2. The predicted molar refractivity (Wildman–Crippen MR) is 94.1 cm³/mol. The molecule has 0 aliphatic rings. The summed E-state index contributed by atoms with van der Waals surface area (Å²) in [4.78, 5) is 27.9. The monoisotopic (exact) mass is 345 g/mol. The van der Waals surface area contributed by atoms with E-state index in [1.807, 2.05) is 37.3 Å². The zero-order valence-corrected chi connectivity index (χ0v) is 14.1. The fourth-order valence-electron chi connectivity index (χ4n) is 1.92. The van der Waals surface area contributed by atoms with Crippen molar-refractivity contribution in [2.24, 2.45) is 0 Å². The molecule has 2 aromatic rings. The molecule has 2 rings (SSSR count). The molecule has 0 bridgehead atoms. The number of amides is 1. The molecule has 1 heterocycles. The highest BCUT2D eigenvalue weighted by atomic mass is 32.1. The van der Waals surface area contributed by atoms with Crippen LogP contribution in [0.25, 0.3) is 0 Å². The maximum absolute atomic E-state index is 11.9. The van der Waals surface area contributed by atoms with E-state index in [0.29, 0.717) is 11.7 Å². The van der Waals surface area contributed by atoms with Crippen LogP contribution < -0.4 is 10.6 Å². The highest BCUT2D eigenvalue weighted by Gasteiger charge is 2.15. The number of benzene rings is 1. The van der Waals surface area contributed by atoms with Gasteiger partial charge in [0.25, 0.3) is 5.91 Å². The molecule has 24 heavy (non-hydrogen) atoms. The second-order valence-electron chi connectivity index (χ2n) is 4.98. The fourth-order valence-corrected chi connectivity index (χ4v) is 2.61. The molecule has 1 aromatic carbocycles. The zero-order valence-electron chi connectivity index (χ0n) is 13.3. The molecule has 1 amide bonds. The average molecular weight is 345 g/mol. The first-order chi connectivity index (χ1) is 11.6. The van der Waals surface area contributed by atoms with Crippen LogP contribution >= 0.6 is 11.3 Å². The third-order valence-corrected chi connectivity index (χ3v) is 3.92. The quantitative estimate of drug-likeness (QED) is 0.568. The molecule has 1 unspecified atom stereocenters. The molecular formula is C17H19N3O3S. The number of hydrogen-bond acceptors (Lipinski definition) is 6. The van der Waals surface area contributed by atoms with E-state index in [1.54, 1.807) is 11.5 Å². The van der Waals surface area contributed by atoms with E-state index in [1.165, 1.54) is 11.3 Å². The van der Waals surface area contributed by atoms with Crippen molar-refractivity contribution < 1.29 is 14.3 Å². The van der Waals surface area contributed by atoms with Crippen LogP contribution in [0, 0.1) is 0 Å². The molecule has 0 saturated heterocycles. The molecule has 0 spiro atoms. The molecule has 126 valence electrons. The number of aromatic nitrogens is 1. The van der Waals surface area contributed by atoms with Gasteiger partial charge in [-0.25, -0.2) is 9.78 Å². The molecule has 6 nitrogen and oxygen atoms in total. The minimum atomic E-state index is -0.625. The molecule has 1 atom stereocenters. The number of thiazole rings is 1. The second kappa shape index (κ2) is 8.83. The number of nitrogens with zero attached hydrogens (tertiary/aromatic N) is 1. The van der Waals surface area contributed by atoms with Crippen LogP contribution in [0.1, 0.15) is 29.0 Å². The van der Waals surface area contributed by atoms with Gasteiger partial charge in [-0.2, -0.15) is 0 Å². The van der Waals surface area contributed by atoms with E-state index in [9.17, 15) is 9.59 Å². The highest BCUT2D eigenvalue weighted by Crippen LogP contribution is 2.16.